The molecule has 0 bridgehead atoms. The maximum atomic E-state index is 12.4. The standard InChI is InChI=1S/C18H26N2O/c1-19-17-8-10-20(11-9-17)18(21)13-14-6-7-15-4-2-3-5-16(15)12-14/h6-7,12,17,19H,2-5,8-11,13H2,1H3. The lowest BCUT2D eigenvalue weighted by Gasteiger charge is -2.32. The molecule has 0 saturated carbocycles. The molecule has 1 saturated heterocycles. The predicted molar refractivity (Wildman–Crippen MR) is 85.4 cm³/mol. The Kier molecular flexibility index (Phi) is 4.59. The Morgan fingerprint density at radius 2 is 1.90 bits per heavy atom. The number of hydrogen-bond donors (Lipinski definition) is 1. The topological polar surface area (TPSA) is 32.3 Å². The van der Waals surface area contributed by atoms with Gasteiger partial charge in [0.1, 0.15) is 0 Å². The Bertz CT molecular complexity index is 504. The van der Waals surface area contributed by atoms with Gasteiger partial charge in [-0.2, -0.15) is 0 Å². The van der Waals surface area contributed by atoms with Crippen LogP contribution in [0.1, 0.15) is 42.4 Å². The molecule has 1 amide bonds. The number of amides is 1. The van der Waals surface area contributed by atoms with Crippen LogP contribution < -0.4 is 5.32 Å². The van der Waals surface area contributed by atoms with Gasteiger partial charge in [-0.1, -0.05) is 18.2 Å². The Labute approximate surface area is 127 Å². The second kappa shape index (κ2) is 6.61. The Balaban J connectivity index is 1.60. The Morgan fingerprint density at radius 1 is 1.19 bits per heavy atom. The zero-order chi connectivity index (χ0) is 14.7. The highest BCUT2D eigenvalue weighted by Gasteiger charge is 2.22. The SMILES string of the molecule is CNC1CCN(C(=O)Cc2ccc3c(c2)CCCC3)CC1. The van der Waals surface area contributed by atoms with Crippen molar-refractivity contribution in [2.75, 3.05) is 20.1 Å². The number of aryl methyl sites for hydroxylation is 2. The largest absolute Gasteiger partial charge is 0.342 e. The molecule has 0 radical (unpaired) electrons. The van der Waals surface area contributed by atoms with Gasteiger partial charge in [0.15, 0.2) is 0 Å². The van der Waals surface area contributed by atoms with Gasteiger partial charge in [0.2, 0.25) is 5.91 Å². The molecule has 3 heteroatoms. The highest BCUT2D eigenvalue weighted by atomic mass is 16.2. The van der Waals surface area contributed by atoms with Crippen LogP contribution in [0.4, 0.5) is 0 Å². The summed E-state index contributed by atoms with van der Waals surface area (Å²) in [5.41, 5.74) is 4.16. The lowest BCUT2D eigenvalue weighted by Crippen LogP contribution is -2.44. The molecule has 3 rings (SSSR count). The fraction of sp³-hybridized carbons (Fsp3) is 0.611. The number of fused-ring (bicyclic) bond motifs is 1. The van der Waals surface area contributed by atoms with Crippen LogP contribution in [0.5, 0.6) is 0 Å². The van der Waals surface area contributed by atoms with Gasteiger partial charge in [0.25, 0.3) is 0 Å². The van der Waals surface area contributed by atoms with Crippen molar-refractivity contribution in [2.45, 2.75) is 51.0 Å². The van der Waals surface area contributed by atoms with E-state index in [2.05, 4.69) is 23.5 Å². The van der Waals surface area contributed by atoms with Crippen molar-refractivity contribution in [1.82, 2.24) is 10.2 Å². The van der Waals surface area contributed by atoms with Crippen molar-refractivity contribution in [2.24, 2.45) is 0 Å². The molecule has 0 aromatic heterocycles. The van der Waals surface area contributed by atoms with Crippen molar-refractivity contribution >= 4 is 5.91 Å². The van der Waals surface area contributed by atoms with E-state index >= 15 is 0 Å². The third-order valence-electron chi connectivity index (χ3n) is 5.02. The second-order valence-corrected chi connectivity index (χ2v) is 6.43. The molecule has 1 N–H and O–H groups in total. The van der Waals surface area contributed by atoms with E-state index in [1.54, 1.807) is 0 Å². The summed E-state index contributed by atoms with van der Waals surface area (Å²) in [6.45, 7) is 1.80. The van der Waals surface area contributed by atoms with Gasteiger partial charge in [-0.15, -0.1) is 0 Å². The molecular weight excluding hydrogens is 260 g/mol. The molecule has 0 spiro atoms. The van der Waals surface area contributed by atoms with Crippen molar-refractivity contribution in [3.05, 3.63) is 34.9 Å². The number of nitrogens with one attached hydrogen (secondary N) is 1. The molecule has 1 heterocycles. The van der Waals surface area contributed by atoms with Crippen molar-refractivity contribution in [1.29, 1.82) is 0 Å². The third-order valence-corrected chi connectivity index (χ3v) is 5.02. The third kappa shape index (κ3) is 3.46. The van der Waals surface area contributed by atoms with Crippen LogP contribution in [0.25, 0.3) is 0 Å². The first-order valence-corrected chi connectivity index (χ1v) is 8.32. The van der Waals surface area contributed by atoms with Gasteiger partial charge >= 0.3 is 0 Å². The molecule has 0 unspecified atom stereocenters. The lowest BCUT2D eigenvalue weighted by molar-refractivity contribution is -0.131. The highest BCUT2D eigenvalue weighted by Crippen LogP contribution is 2.23. The summed E-state index contributed by atoms with van der Waals surface area (Å²) in [7, 11) is 2.01. The minimum atomic E-state index is 0.292. The summed E-state index contributed by atoms with van der Waals surface area (Å²) >= 11 is 0. The molecule has 1 aromatic carbocycles. The molecule has 21 heavy (non-hydrogen) atoms. The van der Waals surface area contributed by atoms with E-state index in [1.807, 2.05) is 11.9 Å². The normalized spacial score (nSPS) is 19.4. The van der Waals surface area contributed by atoms with Crippen LogP contribution in [-0.4, -0.2) is 37.0 Å². The van der Waals surface area contributed by atoms with Crippen LogP contribution in [0, 0.1) is 0 Å². The summed E-state index contributed by atoms with van der Waals surface area (Å²) in [5.74, 6) is 0.292. The van der Waals surface area contributed by atoms with E-state index in [4.69, 9.17) is 0 Å². The van der Waals surface area contributed by atoms with E-state index in [0.29, 0.717) is 18.4 Å². The molecule has 1 aliphatic carbocycles. The molecule has 114 valence electrons. The monoisotopic (exact) mass is 286 g/mol. The number of benzene rings is 1. The summed E-state index contributed by atoms with van der Waals surface area (Å²) < 4.78 is 0. The van der Waals surface area contributed by atoms with Gasteiger partial charge in [-0.3, -0.25) is 4.79 Å². The molecular formula is C18H26N2O. The summed E-state index contributed by atoms with van der Waals surface area (Å²) in [6, 6.07) is 7.25. The van der Waals surface area contributed by atoms with Crippen molar-refractivity contribution in [3.63, 3.8) is 0 Å². The number of carbonyl (C=O) groups is 1. The first kappa shape index (κ1) is 14.6. The fourth-order valence-electron chi connectivity index (χ4n) is 3.60. The van der Waals surface area contributed by atoms with Gasteiger partial charge in [0, 0.05) is 19.1 Å². The van der Waals surface area contributed by atoms with Crippen LogP contribution in [-0.2, 0) is 24.1 Å². The van der Waals surface area contributed by atoms with Crippen molar-refractivity contribution < 1.29 is 4.79 Å². The number of piperidine rings is 1. The summed E-state index contributed by atoms with van der Waals surface area (Å²) in [4.78, 5) is 14.5. The van der Waals surface area contributed by atoms with E-state index in [-0.39, 0.29) is 0 Å². The van der Waals surface area contributed by atoms with Crippen LogP contribution in [0.15, 0.2) is 18.2 Å². The average Bonchev–Trinajstić information content (AvgIpc) is 2.55. The molecule has 3 nitrogen and oxygen atoms in total. The smallest absolute Gasteiger partial charge is 0.226 e. The average molecular weight is 286 g/mol. The predicted octanol–water partition coefficient (Wildman–Crippen LogP) is 2.32. The zero-order valence-corrected chi connectivity index (χ0v) is 13.0. The molecule has 1 aliphatic heterocycles. The van der Waals surface area contributed by atoms with Gasteiger partial charge in [0.05, 0.1) is 6.42 Å². The van der Waals surface area contributed by atoms with Gasteiger partial charge in [-0.05, 0) is 62.3 Å². The van der Waals surface area contributed by atoms with E-state index < -0.39 is 0 Å². The molecule has 1 aromatic rings. The van der Waals surface area contributed by atoms with Gasteiger partial charge in [-0.25, -0.2) is 0 Å². The summed E-state index contributed by atoms with van der Waals surface area (Å²) in [5, 5.41) is 3.31. The second-order valence-electron chi connectivity index (χ2n) is 6.43. The number of rotatable bonds is 3. The quantitative estimate of drug-likeness (QED) is 0.925. The zero-order valence-electron chi connectivity index (χ0n) is 13.0. The molecule has 2 aliphatic rings. The maximum Gasteiger partial charge on any atom is 0.226 e. The van der Waals surface area contributed by atoms with E-state index in [1.165, 1.54) is 42.4 Å². The fourth-order valence-corrected chi connectivity index (χ4v) is 3.60. The van der Waals surface area contributed by atoms with E-state index in [9.17, 15) is 4.79 Å². The number of hydrogen-bond acceptors (Lipinski definition) is 2. The van der Waals surface area contributed by atoms with Crippen LogP contribution in [0.2, 0.25) is 0 Å². The summed E-state index contributed by atoms with van der Waals surface area (Å²) in [6.07, 6.45) is 7.72. The first-order chi connectivity index (χ1) is 10.3. The Morgan fingerprint density at radius 3 is 2.62 bits per heavy atom. The highest BCUT2D eigenvalue weighted by molar-refractivity contribution is 5.79. The van der Waals surface area contributed by atoms with Gasteiger partial charge < -0.3 is 10.2 Å². The minimum absolute atomic E-state index is 0.292. The molecule has 0 atom stereocenters. The number of likely N-dealkylation sites (tertiary alicyclic amines) is 1. The Hall–Kier alpha value is -1.35. The van der Waals surface area contributed by atoms with Crippen LogP contribution in [0.3, 0.4) is 0 Å². The van der Waals surface area contributed by atoms with Crippen LogP contribution >= 0.6 is 0 Å². The number of carbonyl (C=O) groups excluding carboxylic acids is 1. The van der Waals surface area contributed by atoms with Crippen molar-refractivity contribution in [3.8, 4) is 0 Å². The minimum Gasteiger partial charge on any atom is -0.342 e. The number of nitrogens with zero attached hydrogens (tertiary/aromatic N) is 1. The first-order valence-electron chi connectivity index (χ1n) is 8.32. The molecule has 1 fully saturated rings. The lowest BCUT2D eigenvalue weighted by atomic mass is 9.90. The maximum absolute atomic E-state index is 12.4. The van der Waals surface area contributed by atoms with E-state index in [0.717, 1.165) is 25.9 Å².